The van der Waals surface area contributed by atoms with Crippen LogP contribution in [0.2, 0.25) is 5.02 Å². The number of hydrogen-bond acceptors (Lipinski definition) is 6. The van der Waals surface area contributed by atoms with Crippen molar-refractivity contribution in [3.63, 3.8) is 0 Å². The summed E-state index contributed by atoms with van der Waals surface area (Å²) in [6.45, 7) is 0. The quantitative estimate of drug-likeness (QED) is 0.446. The second-order valence-corrected chi connectivity index (χ2v) is 6.89. The van der Waals surface area contributed by atoms with Gasteiger partial charge in [-0.1, -0.05) is 23.7 Å². The van der Waals surface area contributed by atoms with Crippen LogP contribution in [-0.4, -0.2) is 17.1 Å². The predicted octanol–water partition coefficient (Wildman–Crippen LogP) is 5.68. The van der Waals surface area contributed by atoms with Crippen molar-refractivity contribution in [1.29, 1.82) is 5.26 Å². The van der Waals surface area contributed by atoms with Crippen molar-refractivity contribution >= 4 is 33.2 Å². The highest BCUT2D eigenvalue weighted by molar-refractivity contribution is 7.17. The first-order valence-corrected chi connectivity index (χ1v) is 9.19. The number of nitrogens with zero attached hydrogens (tertiary/aromatic N) is 3. The highest BCUT2D eigenvalue weighted by atomic mass is 35.5. The number of rotatable bonds is 4. The molecule has 0 aliphatic carbocycles. The molecule has 0 N–H and O–H groups in total. The molecule has 0 aliphatic heterocycles. The van der Waals surface area contributed by atoms with E-state index in [0.29, 0.717) is 28.0 Å². The molecule has 0 saturated heterocycles. The molecule has 0 fully saturated rings. The maximum atomic E-state index is 9.06. The third-order valence-electron chi connectivity index (χ3n) is 3.99. The number of benzene rings is 2. The van der Waals surface area contributed by atoms with Gasteiger partial charge in [-0.2, -0.15) is 5.26 Å². The molecule has 2 heterocycles. The van der Waals surface area contributed by atoms with Crippen LogP contribution in [0.4, 0.5) is 0 Å². The number of methoxy groups -OCH3 is 1. The van der Waals surface area contributed by atoms with Crippen LogP contribution in [0.15, 0.2) is 54.2 Å². The van der Waals surface area contributed by atoms with Crippen molar-refractivity contribution in [3.05, 3.63) is 64.8 Å². The van der Waals surface area contributed by atoms with Gasteiger partial charge in [0.15, 0.2) is 11.5 Å². The molecule has 4 rings (SSSR count). The molecule has 0 radical (unpaired) electrons. The molecule has 0 unspecified atom stereocenters. The molecule has 4 aromatic rings. The van der Waals surface area contributed by atoms with Gasteiger partial charge in [0.2, 0.25) is 5.88 Å². The molecule has 2 aromatic carbocycles. The maximum absolute atomic E-state index is 9.06. The van der Waals surface area contributed by atoms with E-state index in [-0.39, 0.29) is 0 Å². The summed E-state index contributed by atoms with van der Waals surface area (Å²) in [4.78, 5) is 9.48. The molecule has 0 amide bonds. The minimum atomic E-state index is 0.425. The average molecular weight is 394 g/mol. The average Bonchev–Trinajstić information content (AvgIpc) is 3.14. The van der Waals surface area contributed by atoms with Gasteiger partial charge < -0.3 is 9.47 Å². The minimum absolute atomic E-state index is 0.425. The van der Waals surface area contributed by atoms with E-state index in [4.69, 9.17) is 26.3 Å². The van der Waals surface area contributed by atoms with Crippen molar-refractivity contribution in [2.75, 3.05) is 7.11 Å². The van der Waals surface area contributed by atoms with Gasteiger partial charge in [-0.15, -0.1) is 11.3 Å². The summed E-state index contributed by atoms with van der Waals surface area (Å²) in [5, 5.41) is 12.6. The Morgan fingerprint density at radius 1 is 1.07 bits per heavy atom. The van der Waals surface area contributed by atoms with Gasteiger partial charge in [-0.05, 0) is 29.8 Å². The van der Waals surface area contributed by atoms with Crippen LogP contribution in [0.5, 0.6) is 17.4 Å². The second kappa shape index (κ2) is 7.23. The number of hydrogen-bond donors (Lipinski definition) is 0. The summed E-state index contributed by atoms with van der Waals surface area (Å²) < 4.78 is 11.4. The molecule has 0 bridgehead atoms. The van der Waals surface area contributed by atoms with Gasteiger partial charge in [0.1, 0.15) is 11.2 Å². The highest BCUT2D eigenvalue weighted by Gasteiger charge is 2.16. The van der Waals surface area contributed by atoms with Crippen molar-refractivity contribution in [1.82, 2.24) is 9.97 Å². The Kier molecular flexibility index (Phi) is 4.63. The molecule has 132 valence electrons. The number of halogens is 1. The van der Waals surface area contributed by atoms with Gasteiger partial charge in [0.05, 0.1) is 24.1 Å². The number of aromatic nitrogens is 2. The summed E-state index contributed by atoms with van der Waals surface area (Å²) >= 11 is 7.52. The number of fused-ring (bicyclic) bond motifs is 1. The zero-order valence-corrected chi connectivity index (χ0v) is 15.7. The number of thiophene rings is 1. The lowest BCUT2D eigenvalue weighted by Crippen LogP contribution is -1.94. The van der Waals surface area contributed by atoms with Crippen LogP contribution in [0.3, 0.4) is 0 Å². The molecular formula is C20H12ClN3O2S. The summed E-state index contributed by atoms with van der Waals surface area (Å²) in [5.74, 6) is 1.36. The smallest absolute Gasteiger partial charge is 0.231 e. The zero-order valence-electron chi connectivity index (χ0n) is 14.1. The Morgan fingerprint density at radius 2 is 1.89 bits per heavy atom. The first-order valence-electron chi connectivity index (χ1n) is 7.93. The van der Waals surface area contributed by atoms with Gasteiger partial charge >= 0.3 is 0 Å². The van der Waals surface area contributed by atoms with Crippen molar-refractivity contribution in [3.8, 4) is 34.6 Å². The molecule has 0 saturated carbocycles. The number of nitriles is 1. The minimum Gasteiger partial charge on any atom is -0.493 e. The normalized spacial score (nSPS) is 10.6. The Hall–Kier alpha value is -3.14. The topological polar surface area (TPSA) is 68.0 Å². The molecule has 2 aromatic heterocycles. The van der Waals surface area contributed by atoms with E-state index in [1.165, 1.54) is 24.8 Å². The summed E-state index contributed by atoms with van der Waals surface area (Å²) in [6.07, 6.45) is 1.47. The van der Waals surface area contributed by atoms with E-state index in [1.54, 1.807) is 18.2 Å². The lowest BCUT2D eigenvalue weighted by molar-refractivity contribution is 0.375. The molecule has 5 nitrogen and oxygen atoms in total. The van der Waals surface area contributed by atoms with Gasteiger partial charge in [0, 0.05) is 22.0 Å². The van der Waals surface area contributed by atoms with Crippen LogP contribution < -0.4 is 9.47 Å². The summed E-state index contributed by atoms with van der Waals surface area (Å²) in [7, 11) is 1.53. The summed E-state index contributed by atoms with van der Waals surface area (Å²) in [5.41, 5.74) is 2.45. The van der Waals surface area contributed by atoms with Crippen LogP contribution in [0.1, 0.15) is 5.56 Å². The standard InChI is InChI=1S/C20H12ClN3O2S/c1-25-17-8-12(9-22)2-7-16(17)26-19-18-15(10-27-20(18)24-11-23-19)13-3-5-14(21)6-4-13/h2-8,10-11H,1H3. The lowest BCUT2D eigenvalue weighted by Gasteiger charge is -2.11. The Bertz CT molecular complexity index is 1170. The maximum Gasteiger partial charge on any atom is 0.231 e. The first-order chi connectivity index (χ1) is 13.2. The van der Waals surface area contributed by atoms with E-state index >= 15 is 0 Å². The van der Waals surface area contributed by atoms with Crippen molar-refractivity contribution in [2.24, 2.45) is 0 Å². The molecular weight excluding hydrogens is 382 g/mol. The molecule has 27 heavy (non-hydrogen) atoms. The van der Waals surface area contributed by atoms with Crippen LogP contribution in [0, 0.1) is 11.3 Å². The van der Waals surface area contributed by atoms with Gasteiger partial charge in [0.25, 0.3) is 0 Å². The van der Waals surface area contributed by atoms with Gasteiger partial charge in [-0.25, -0.2) is 9.97 Å². The van der Waals surface area contributed by atoms with Crippen molar-refractivity contribution < 1.29 is 9.47 Å². The van der Waals surface area contributed by atoms with E-state index in [0.717, 1.165) is 21.3 Å². The monoisotopic (exact) mass is 393 g/mol. The van der Waals surface area contributed by atoms with Crippen LogP contribution >= 0.6 is 22.9 Å². The van der Waals surface area contributed by atoms with Crippen molar-refractivity contribution in [2.45, 2.75) is 0 Å². The fourth-order valence-corrected chi connectivity index (χ4v) is 3.73. The van der Waals surface area contributed by atoms with Crippen LogP contribution in [0.25, 0.3) is 21.3 Å². The second-order valence-electron chi connectivity index (χ2n) is 5.59. The highest BCUT2D eigenvalue weighted by Crippen LogP contribution is 2.40. The molecule has 0 aliphatic rings. The molecule has 0 spiro atoms. The van der Waals surface area contributed by atoms with E-state index < -0.39 is 0 Å². The Balaban J connectivity index is 1.82. The Labute approximate surface area is 164 Å². The molecule has 7 heteroatoms. The molecule has 0 atom stereocenters. The third kappa shape index (κ3) is 3.31. The third-order valence-corrected chi connectivity index (χ3v) is 5.13. The lowest BCUT2D eigenvalue weighted by atomic mass is 10.1. The summed E-state index contributed by atoms with van der Waals surface area (Å²) in [6, 6.07) is 14.7. The number of ether oxygens (including phenoxy) is 2. The predicted molar refractivity (Wildman–Crippen MR) is 106 cm³/mol. The van der Waals surface area contributed by atoms with Gasteiger partial charge in [-0.3, -0.25) is 0 Å². The first kappa shape index (κ1) is 17.3. The zero-order chi connectivity index (χ0) is 18.8. The fourth-order valence-electron chi connectivity index (χ4n) is 2.69. The Morgan fingerprint density at radius 3 is 2.63 bits per heavy atom. The fraction of sp³-hybridized carbons (Fsp3) is 0.0500. The van der Waals surface area contributed by atoms with E-state index in [9.17, 15) is 0 Å². The largest absolute Gasteiger partial charge is 0.493 e. The van der Waals surface area contributed by atoms with E-state index in [1.807, 2.05) is 29.6 Å². The van der Waals surface area contributed by atoms with E-state index in [2.05, 4.69) is 16.0 Å². The van der Waals surface area contributed by atoms with Crippen LogP contribution in [-0.2, 0) is 0 Å². The SMILES string of the molecule is COc1cc(C#N)ccc1Oc1ncnc2scc(-c3ccc(Cl)cc3)c12.